The standard InChI is InChI=1S/C14H16N4O3S/c1-8(2)9-3-5-10(6-4-9)15-11(19)7-22-13-12(20)16-14(21)18-17-13/h3-6,8H,7H2,1-2H3,(H,15,19)(H2,16,18,20,21). The minimum Gasteiger partial charge on any atom is -0.325 e. The third-order valence-electron chi connectivity index (χ3n) is 2.88. The number of nitrogens with one attached hydrogen (secondary N) is 3. The first-order valence-corrected chi connectivity index (χ1v) is 7.66. The second-order valence-corrected chi connectivity index (χ2v) is 5.89. The maximum atomic E-state index is 11.8. The highest BCUT2D eigenvalue weighted by atomic mass is 32.2. The predicted molar refractivity (Wildman–Crippen MR) is 85.4 cm³/mol. The van der Waals surface area contributed by atoms with Crippen molar-refractivity contribution in [2.24, 2.45) is 0 Å². The number of rotatable bonds is 5. The molecular weight excluding hydrogens is 304 g/mol. The summed E-state index contributed by atoms with van der Waals surface area (Å²) in [4.78, 5) is 36.1. The lowest BCUT2D eigenvalue weighted by molar-refractivity contribution is -0.113. The molecule has 2 rings (SSSR count). The van der Waals surface area contributed by atoms with E-state index in [2.05, 4.69) is 29.4 Å². The molecule has 0 aliphatic heterocycles. The summed E-state index contributed by atoms with van der Waals surface area (Å²) in [5, 5.41) is 8.49. The quantitative estimate of drug-likeness (QED) is 0.720. The predicted octanol–water partition coefficient (Wildman–Crippen LogP) is 1.31. The number of nitrogens with zero attached hydrogens (tertiary/aromatic N) is 1. The molecule has 0 bridgehead atoms. The van der Waals surface area contributed by atoms with Crippen molar-refractivity contribution in [2.75, 3.05) is 11.1 Å². The number of carbonyl (C=O) groups is 1. The van der Waals surface area contributed by atoms with E-state index in [4.69, 9.17) is 0 Å². The van der Waals surface area contributed by atoms with E-state index in [0.717, 1.165) is 11.8 Å². The number of hydrogen-bond donors (Lipinski definition) is 3. The lowest BCUT2D eigenvalue weighted by Gasteiger charge is -2.08. The Labute approximate surface area is 130 Å². The van der Waals surface area contributed by atoms with Crippen molar-refractivity contribution in [2.45, 2.75) is 24.8 Å². The first-order valence-electron chi connectivity index (χ1n) is 6.67. The van der Waals surface area contributed by atoms with Gasteiger partial charge in [-0.05, 0) is 23.6 Å². The highest BCUT2D eigenvalue weighted by molar-refractivity contribution is 7.99. The smallest absolute Gasteiger partial charge is 0.325 e. The summed E-state index contributed by atoms with van der Waals surface area (Å²) in [5.74, 6) is 0.196. The largest absolute Gasteiger partial charge is 0.342 e. The van der Waals surface area contributed by atoms with Gasteiger partial charge in [0.1, 0.15) is 0 Å². The van der Waals surface area contributed by atoms with Crippen LogP contribution in [0.3, 0.4) is 0 Å². The SMILES string of the molecule is CC(C)c1ccc(NC(=O)CSc2n[nH]c(=O)[nH]c2=O)cc1. The fourth-order valence-electron chi connectivity index (χ4n) is 1.72. The van der Waals surface area contributed by atoms with E-state index in [-0.39, 0.29) is 16.7 Å². The Morgan fingerprint density at radius 3 is 2.55 bits per heavy atom. The zero-order chi connectivity index (χ0) is 16.1. The molecule has 0 aliphatic rings. The number of aromatic nitrogens is 3. The molecule has 0 aliphatic carbocycles. The normalized spacial score (nSPS) is 10.7. The minimum absolute atomic E-state index is 0.0219. The maximum absolute atomic E-state index is 11.8. The van der Waals surface area contributed by atoms with E-state index in [9.17, 15) is 14.4 Å². The van der Waals surface area contributed by atoms with Crippen molar-refractivity contribution in [1.29, 1.82) is 0 Å². The number of anilines is 1. The molecule has 0 spiro atoms. The summed E-state index contributed by atoms with van der Waals surface area (Å²) in [6, 6.07) is 7.59. The van der Waals surface area contributed by atoms with Crippen LogP contribution in [0.5, 0.6) is 0 Å². The molecule has 22 heavy (non-hydrogen) atoms. The Morgan fingerprint density at radius 1 is 1.27 bits per heavy atom. The Hall–Kier alpha value is -2.35. The number of H-pyrrole nitrogens is 2. The lowest BCUT2D eigenvalue weighted by atomic mass is 10.0. The highest BCUT2D eigenvalue weighted by Crippen LogP contribution is 2.17. The molecule has 1 amide bonds. The molecule has 0 saturated carbocycles. The maximum Gasteiger partial charge on any atom is 0.342 e. The number of aromatic amines is 2. The van der Waals surface area contributed by atoms with Gasteiger partial charge in [0.2, 0.25) is 5.91 Å². The lowest BCUT2D eigenvalue weighted by Crippen LogP contribution is -2.25. The average Bonchev–Trinajstić information content (AvgIpc) is 2.47. The zero-order valence-corrected chi connectivity index (χ0v) is 13.0. The molecule has 0 atom stereocenters. The van der Waals surface area contributed by atoms with Crippen LogP contribution in [-0.2, 0) is 4.79 Å². The Bertz CT molecular complexity index is 765. The van der Waals surface area contributed by atoms with Crippen LogP contribution in [0.15, 0.2) is 38.9 Å². The van der Waals surface area contributed by atoms with Gasteiger partial charge in [0, 0.05) is 5.69 Å². The second kappa shape index (κ2) is 7.08. The highest BCUT2D eigenvalue weighted by Gasteiger charge is 2.08. The van der Waals surface area contributed by atoms with Gasteiger partial charge in [-0.3, -0.25) is 14.6 Å². The number of amides is 1. The third kappa shape index (κ3) is 4.32. The third-order valence-corrected chi connectivity index (χ3v) is 3.84. The van der Waals surface area contributed by atoms with E-state index in [1.807, 2.05) is 29.2 Å². The fraction of sp³-hybridized carbons (Fsp3) is 0.286. The van der Waals surface area contributed by atoms with E-state index in [0.29, 0.717) is 11.6 Å². The van der Waals surface area contributed by atoms with Crippen molar-refractivity contribution >= 4 is 23.4 Å². The van der Waals surface area contributed by atoms with E-state index in [1.54, 1.807) is 0 Å². The summed E-state index contributed by atoms with van der Waals surface area (Å²) in [7, 11) is 0. The van der Waals surface area contributed by atoms with Crippen LogP contribution in [0.1, 0.15) is 25.3 Å². The van der Waals surface area contributed by atoms with Crippen LogP contribution in [-0.4, -0.2) is 26.8 Å². The van der Waals surface area contributed by atoms with Gasteiger partial charge in [-0.1, -0.05) is 37.7 Å². The Kier molecular flexibility index (Phi) is 5.16. The van der Waals surface area contributed by atoms with Crippen molar-refractivity contribution in [3.63, 3.8) is 0 Å². The zero-order valence-electron chi connectivity index (χ0n) is 12.2. The van der Waals surface area contributed by atoms with Crippen LogP contribution >= 0.6 is 11.8 Å². The number of benzene rings is 1. The average molecular weight is 320 g/mol. The van der Waals surface area contributed by atoms with Gasteiger partial charge in [-0.25, -0.2) is 9.89 Å². The van der Waals surface area contributed by atoms with Crippen LogP contribution in [0.4, 0.5) is 5.69 Å². The summed E-state index contributed by atoms with van der Waals surface area (Å²) in [6.45, 7) is 4.19. The van der Waals surface area contributed by atoms with Gasteiger partial charge < -0.3 is 5.32 Å². The number of carbonyl (C=O) groups excluding carboxylic acids is 1. The molecule has 3 N–H and O–H groups in total. The molecule has 2 aromatic rings. The fourth-order valence-corrected chi connectivity index (χ4v) is 2.35. The first-order chi connectivity index (χ1) is 10.5. The molecule has 1 aromatic carbocycles. The molecule has 0 unspecified atom stereocenters. The van der Waals surface area contributed by atoms with Gasteiger partial charge in [-0.2, -0.15) is 5.10 Å². The first kappa shape index (κ1) is 16.0. The molecular formula is C14H16N4O3S. The van der Waals surface area contributed by atoms with Crippen molar-refractivity contribution in [1.82, 2.24) is 15.2 Å². The molecule has 8 heteroatoms. The number of thioether (sulfide) groups is 1. The molecule has 1 aromatic heterocycles. The van der Waals surface area contributed by atoms with Crippen molar-refractivity contribution < 1.29 is 4.79 Å². The molecule has 1 heterocycles. The van der Waals surface area contributed by atoms with Gasteiger partial charge in [-0.15, -0.1) is 0 Å². The summed E-state index contributed by atoms with van der Waals surface area (Å²) < 4.78 is 0. The number of hydrogen-bond acceptors (Lipinski definition) is 5. The van der Waals surface area contributed by atoms with Gasteiger partial charge in [0.25, 0.3) is 5.56 Å². The van der Waals surface area contributed by atoms with Crippen LogP contribution in [0.2, 0.25) is 0 Å². The topological polar surface area (TPSA) is 108 Å². The van der Waals surface area contributed by atoms with Gasteiger partial charge >= 0.3 is 5.69 Å². The Balaban J connectivity index is 1.92. The minimum atomic E-state index is -0.677. The molecule has 0 fully saturated rings. The summed E-state index contributed by atoms with van der Waals surface area (Å²) in [5.41, 5.74) is 0.599. The van der Waals surface area contributed by atoms with E-state index in [1.165, 1.54) is 5.56 Å². The van der Waals surface area contributed by atoms with Crippen molar-refractivity contribution in [3.8, 4) is 0 Å². The molecule has 0 radical (unpaired) electrons. The molecule has 116 valence electrons. The van der Waals surface area contributed by atoms with Gasteiger partial charge in [0.15, 0.2) is 5.03 Å². The van der Waals surface area contributed by atoms with E-state index < -0.39 is 11.2 Å². The van der Waals surface area contributed by atoms with Gasteiger partial charge in [0.05, 0.1) is 5.75 Å². The molecule has 0 saturated heterocycles. The monoisotopic (exact) mass is 320 g/mol. The van der Waals surface area contributed by atoms with Crippen LogP contribution in [0.25, 0.3) is 0 Å². The van der Waals surface area contributed by atoms with Crippen LogP contribution < -0.4 is 16.6 Å². The van der Waals surface area contributed by atoms with E-state index >= 15 is 0 Å². The second-order valence-electron chi connectivity index (χ2n) is 4.93. The van der Waals surface area contributed by atoms with Crippen LogP contribution in [0, 0.1) is 0 Å². The van der Waals surface area contributed by atoms with Crippen molar-refractivity contribution in [3.05, 3.63) is 50.7 Å². The summed E-state index contributed by atoms with van der Waals surface area (Å²) in [6.07, 6.45) is 0. The summed E-state index contributed by atoms with van der Waals surface area (Å²) >= 11 is 0.954. The Morgan fingerprint density at radius 2 is 1.95 bits per heavy atom. The molecule has 7 nitrogen and oxygen atoms in total.